The van der Waals surface area contributed by atoms with Crippen LogP contribution in [0.5, 0.6) is 5.75 Å². The van der Waals surface area contributed by atoms with Gasteiger partial charge in [0.1, 0.15) is 5.75 Å². The molecule has 3 rings (SSSR count). The van der Waals surface area contributed by atoms with Gasteiger partial charge in [-0.3, -0.25) is 0 Å². The first-order valence-corrected chi connectivity index (χ1v) is 9.39. The zero-order chi connectivity index (χ0) is 16.9. The summed E-state index contributed by atoms with van der Waals surface area (Å²) in [7, 11) is 2.00. The summed E-state index contributed by atoms with van der Waals surface area (Å²) in [6, 6.07) is 16.1. The van der Waals surface area contributed by atoms with Crippen LogP contribution in [0.4, 0.5) is 0 Å². The van der Waals surface area contributed by atoms with Gasteiger partial charge in [0.2, 0.25) is 0 Å². The van der Waals surface area contributed by atoms with Gasteiger partial charge < -0.3 is 9.30 Å². The quantitative estimate of drug-likeness (QED) is 0.440. The molecule has 0 saturated carbocycles. The summed E-state index contributed by atoms with van der Waals surface area (Å²) in [4.78, 5) is 0. The average Bonchev–Trinajstić information content (AvgIpc) is 2.93. The van der Waals surface area contributed by atoms with E-state index in [0.717, 1.165) is 32.5 Å². The monoisotopic (exact) mass is 403 g/mol. The SMILES string of the molecule is Cc1ccccc1-c1nnc(SCCOc2cccc(Br)c2)n1C. The number of aromatic nitrogens is 3. The lowest BCUT2D eigenvalue weighted by Gasteiger charge is -2.07. The summed E-state index contributed by atoms with van der Waals surface area (Å²) >= 11 is 5.09. The Bertz CT molecular complexity index is 835. The van der Waals surface area contributed by atoms with Gasteiger partial charge in [-0.15, -0.1) is 10.2 Å². The van der Waals surface area contributed by atoms with E-state index in [1.807, 2.05) is 48.0 Å². The van der Waals surface area contributed by atoms with Gasteiger partial charge in [-0.25, -0.2) is 0 Å². The van der Waals surface area contributed by atoms with E-state index in [0.29, 0.717) is 6.61 Å². The molecular formula is C18H18BrN3OS. The summed E-state index contributed by atoms with van der Waals surface area (Å²) in [5.41, 5.74) is 2.31. The second kappa shape index (κ2) is 7.85. The number of hydrogen-bond acceptors (Lipinski definition) is 4. The van der Waals surface area contributed by atoms with Gasteiger partial charge in [0.15, 0.2) is 11.0 Å². The minimum absolute atomic E-state index is 0.619. The summed E-state index contributed by atoms with van der Waals surface area (Å²) in [6.07, 6.45) is 0. The van der Waals surface area contributed by atoms with Crippen molar-refractivity contribution in [3.8, 4) is 17.1 Å². The van der Waals surface area contributed by atoms with E-state index in [2.05, 4.69) is 45.2 Å². The number of hydrogen-bond donors (Lipinski definition) is 0. The summed E-state index contributed by atoms with van der Waals surface area (Å²) in [6.45, 7) is 2.70. The molecule has 0 radical (unpaired) electrons. The van der Waals surface area contributed by atoms with E-state index < -0.39 is 0 Å². The van der Waals surface area contributed by atoms with Gasteiger partial charge in [0.25, 0.3) is 0 Å². The van der Waals surface area contributed by atoms with Gasteiger partial charge >= 0.3 is 0 Å². The Morgan fingerprint density at radius 2 is 1.96 bits per heavy atom. The van der Waals surface area contributed by atoms with E-state index >= 15 is 0 Å². The fraction of sp³-hybridized carbons (Fsp3) is 0.222. The van der Waals surface area contributed by atoms with Crippen molar-refractivity contribution in [3.05, 3.63) is 58.6 Å². The van der Waals surface area contributed by atoms with Gasteiger partial charge in [-0.05, 0) is 30.7 Å². The Morgan fingerprint density at radius 1 is 1.12 bits per heavy atom. The predicted molar refractivity (Wildman–Crippen MR) is 102 cm³/mol. The Hall–Kier alpha value is -1.79. The first kappa shape index (κ1) is 17.0. The molecule has 6 heteroatoms. The first-order chi connectivity index (χ1) is 11.6. The van der Waals surface area contributed by atoms with Crippen molar-refractivity contribution in [2.24, 2.45) is 7.05 Å². The van der Waals surface area contributed by atoms with Crippen LogP contribution in [0.15, 0.2) is 58.2 Å². The minimum atomic E-state index is 0.619. The van der Waals surface area contributed by atoms with Gasteiger partial charge in [-0.1, -0.05) is 58.0 Å². The van der Waals surface area contributed by atoms with Crippen molar-refractivity contribution in [1.82, 2.24) is 14.8 Å². The van der Waals surface area contributed by atoms with E-state index in [1.165, 1.54) is 5.56 Å². The highest BCUT2D eigenvalue weighted by molar-refractivity contribution is 9.10. The Kier molecular flexibility index (Phi) is 5.58. The van der Waals surface area contributed by atoms with Crippen LogP contribution in [0, 0.1) is 6.92 Å². The molecule has 0 fully saturated rings. The number of nitrogens with zero attached hydrogens (tertiary/aromatic N) is 3. The molecule has 0 aliphatic heterocycles. The molecule has 0 aliphatic carbocycles. The lowest BCUT2D eigenvalue weighted by molar-refractivity contribution is 0.343. The summed E-state index contributed by atoms with van der Waals surface area (Å²) in [5.74, 6) is 2.57. The van der Waals surface area contributed by atoms with E-state index in [4.69, 9.17) is 4.74 Å². The van der Waals surface area contributed by atoms with Gasteiger partial charge in [0.05, 0.1) is 6.61 Å². The highest BCUT2D eigenvalue weighted by Gasteiger charge is 2.12. The van der Waals surface area contributed by atoms with Crippen molar-refractivity contribution < 1.29 is 4.74 Å². The van der Waals surface area contributed by atoms with Crippen LogP contribution in [0.25, 0.3) is 11.4 Å². The second-order valence-corrected chi connectivity index (χ2v) is 7.31. The van der Waals surface area contributed by atoms with Crippen molar-refractivity contribution in [2.75, 3.05) is 12.4 Å². The van der Waals surface area contributed by atoms with Crippen LogP contribution in [0.3, 0.4) is 0 Å². The van der Waals surface area contributed by atoms with Crippen LogP contribution < -0.4 is 4.74 Å². The molecule has 1 heterocycles. The minimum Gasteiger partial charge on any atom is -0.493 e. The molecule has 0 bridgehead atoms. The normalized spacial score (nSPS) is 10.8. The van der Waals surface area contributed by atoms with Gasteiger partial charge in [-0.2, -0.15) is 0 Å². The molecule has 0 N–H and O–H groups in total. The number of ether oxygens (including phenoxy) is 1. The van der Waals surface area contributed by atoms with Crippen LogP contribution in [-0.2, 0) is 7.05 Å². The molecule has 124 valence electrons. The maximum absolute atomic E-state index is 5.75. The molecule has 4 nitrogen and oxygen atoms in total. The molecule has 1 aromatic heterocycles. The average molecular weight is 404 g/mol. The molecule has 24 heavy (non-hydrogen) atoms. The van der Waals surface area contributed by atoms with Crippen LogP contribution in [-0.4, -0.2) is 27.1 Å². The van der Waals surface area contributed by atoms with Gasteiger partial charge in [0, 0.05) is 22.8 Å². The molecular weight excluding hydrogens is 386 g/mol. The third-order valence-corrected chi connectivity index (χ3v) is 5.08. The number of halogens is 1. The zero-order valence-electron chi connectivity index (χ0n) is 13.6. The van der Waals surface area contributed by atoms with Crippen molar-refractivity contribution in [1.29, 1.82) is 0 Å². The topological polar surface area (TPSA) is 39.9 Å². The van der Waals surface area contributed by atoms with Crippen molar-refractivity contribution in [3.63, 3.8) is 0 Å². The number of aryl methyl sites for hydroxylation is 1. The van der Waals surface area contributed by atoms with E-state index in [9.17, 15) is 0 Å². The fourth-order valence-electron chi connectivity index (χ4n) is 2.35. The highest BCUT2D eigenvalue weighted by atomic mass is 79.9. The molecule has 0 saturated heterocycles. The number of benzene rings is 2. The summed E-state index contributed by atoms with van der Waals surface area (Å²) in [5, 5.41) is 9.54. The Labute approximate surface area is 154 Å². The maximum Gasteiger partial charge on any atom is 0.191 e. The van der Waals surface area contributed by atoms with Crippen LogP contribution in [0.2, 0.25) is 0 Å². The van der Waals surface area contributed by atoms with E-state index in [-0.39, 0.29) is 0 Å². The molecule has 0 atom stereocenters. The molecule has 3 aromatic rings. The van der Waals surface area contributed by atoms with E-state index in [1.54, 1.807) is 11.8 Å². The smallest absolute Gasteiger partial charge is 0.191 e. The standard InChI is InChI=1S/C18H18BrN3OS/c1-13-6-3-4-9-16(13)17-20-21-18(22(17)2)24-11-10-23-15-8-5-7-14(19)12-15/h3-9,12H,10-11H2,1-2H3. The molecule has 0 spiro atoms. The van der Waals surface area contributed by atoms with Crippen LogP contribution >= 0.6 is 27.7 Å². The Morgan fingerprint density at radius 3 is 2.75 bits per heavy atom. The second-order valence-electron chi connectivity index (χ2n) is 5.33. The van der Waals surface area contributed by atoms with Crippen molar-refractivity contribution >= 4 is 27.7 Å². The summed E-state index contributed by atoms with van der Waals surface area (Å²) < 4.78 is 8.80. The molecule has 0 aliphatic rings. The number of thioether (sulfide) groups is 1. The zero-order valence-corrected chi connectivity index (χ0v) is 16.0. The Balaban J connectivity index is 1.60. The third-order valence-electron chi connectivity index (χ3n) is 3.60. The molecule has 0 amide bonds. The maximum atomic E-state index is 5.75. The largest absolute Gasteiger partial charge is 0.493 e. The van der Waals surface area contributed by atoms with Crippen LogP contribution in [0.1, 0.15) is 5.56 Å². The molecule has 2 aromatic carbocycles. The number of rotatable bonds is 6. The third kappa shape index (κ3) is 3.99. The molecule has 0 unspecified atom stereocenters. The lowest BCUT2D eigenvalue weighted by atomic mass is 10.1. The predicted octanol–water partition coefficient (Wildman–Crippen LogP) is 4.72. The fourth-order valence-corrected chi connectivity index (χ4v) is 3.45. The van der Waals surface area contributed by atoms with Crippen molar-refractivity contribution in [2.45, 2.75) is 12.1 Å². The highest BCUT2D eigenvalue weighted by Crippen LogP contribution is 2.25. The first-order valence-electron chi connectivity index (χ1n) is 7.61. The lowest BCUT2D eigenvalue weighted by Crippen LogP contribution is -2.02.